The lowest BCUT2D eigenvalue weighted by atomic mass is 9.78. The number of carboxylic acids is 1. The maximum atomic E-state index is 13.1. The standard InChI is InChI=1S/C24H36N6O5S/c1-11-19-18(12(2)28-17(31)5-13-7-26-8-13)23(33)30(19)20(24(34)35)21(11)36-15-6-16(27-9-15)22(32)29-4-3-14(25)10-29/h11-16,18-19,26-27H,3-10,25H2,1-2H3,(H,28,31)(H,34,35)/t11-,12-,14-,15+,16?,18-,19-/m1/s1. The lowest BCUT2D eigenvalue weighted by Gasteiger charge is -2.47. The van der Waals surface area contributed by atoms with Gasteiger partial charge in [-0.25, -0.2) is 4.79 Å². The highest BCUT2D eigenvalue weighted by molar-refractivity contribution is 8.03. The second-order valence-corrected chi connectivity index (χ2v) is 12.2. The lowest BCUT2D eigenvalue weighted by molar-refractivity contribution is -0.158. The van der Waals surface area contributed by atoms with Crippen molar-refractivity contribution in [1.82, 2.24) is 25.8 Å². The minimum Gasteiger partial charge on any atom is -0.477 e. The average molecular weight is 521 g/mol. The second-order valence-electron chi connectivity index (χ2n) is 10.9. The van der Waals surface area contributed by atoms with Crippen LogP contribution in [0.4, 0.5) is 0 Å². The number of carboxylic acid groups (broad SMARTS) is 1. The number of carbonyl (C=O) groups excluding carboxylic acids is 3. The van der Waals surface area contributed by atoms with Crippen molar-refractivity contribution in [2.75, 3.05) is 32.7 Å². The Balaban J connectivity index is 1.23. The number of carbonyl (C=O) groups is 4. The first-order chi connectivity index (χ1) is 17.2. The summed E-state index contributed by atoms with van der Waals surface area (Å²) in [5, 5.41) is 19.4. The van der Waals surface area contributed by atoms with Crippen LogP contribution in [0.2, 0.25) is 0 Å². The molecule has 0 saturated carbocycles. The molecular formula is C24H36N6O5S. The summed E-state index contributed by atoms with van der Waals surface area (Å²) >= 11 is 1.47. The highest BCUT2D eigenvalue weighted by Crippen LogP contribution is 2.51. The summed E-state index contributed by atoms with van der Waals surface area (Å²) < 4.78 is 0. The van der Waals surface area contributed by atoms with Gasteiger partial charge >= 0.3 is 5.97 Å². The molecule has 5 heterocycles. The molecule has 4 saturated heterocycles. The summed E-state index contributed by atoms with van der Waals surface area (Å²) in [5.41, 5.74) is 6.00. The van der Waals surface area contributed by atoms with Crippen molar-refractivity contribution in [2.24, 2.45) is 23.5 Å². The second kappa shape index (κ2) is 9.96. The van der Waals surface area contributed by atoms with Gasteiger partial charge in [-0.2, -0.15) is 0 Å². The molecule has 0 bridgehead atoms. The van der Waals surface area contributed by atoms with Gasteiger partial charge in [-0.15, -0.1) is 11.8 Å². The Labute approximate surface area is 214 Å². The van der Waals surface area contributed by atoms with Gasteiger partial charge in [-0.3, -0.25) is 14.4 Å². The minimum atomic E-state index is -1.11. The first-order valence-electron chi connectivity index (χ1n) is 12.9. The molecule has 5 aliphatic heterocycles. The number of aliphatic carboxylic acids is 1. The van der Waals surface area contributed by atoms with E-state index in [1.165, 1.54) is 16.7 Å². The zero-order chi connectivity index (χ0) is 25.7. The van der Waals surface area contributed by atoms with Crippen molar-refractivity contribution in [3.63, 3.8) is 0 Å². The fraction of sp³-hybridized carbons (Fsp3) is 0.750. The maximum absolute atomic E-state index is 13.1. The molecular weight excluding hydrogens is 484 g/mol. The summed E-state index contributed by atoms with van der Waals surface area (Å²) in [6.45, 7) is 7.29. The molecule has 11 nitrogen and oxygen atoms in total. The van der Waals surface area contributed by atoms with Crippen LogP contribution < -0.4 is 21.7 Å². The van der Waals surface area contributed by atoms with E-state index in [2.05, 4.69) is 16.0 Å². The van der Waals surface area contributed by atoms with Crippen LogP contribution in [0, 0.1) is 17.8 Å². The molecule has 0 aromatic heterocycles. The third-order valence-electron chi connectivity index (χ3n) is 8.28. The average Bonchev–Trinajstić information content (AvgIpc) is 3.49. The molecule has 0 spiro atoms. The smallest absolute Gasteiger partial charge is 0.353 e. The number of hydrogen-bond donors (Lipinski definition) is 5. The van der Waals surface area contributed by atoms with E-state index in [9.17, 15) is 24.3 Å². The maximum Gasteiger partial charge on any atom is 0.353 e. The lowest BCUT2D eigenvalue weighted by Crippen LogP contribution is -2.66. The first-order valence-corrected chi connectivity index (χ1v) is 13.8. The van der Waals surface area contributed by atoms with Crippen molar-refractivity contribution in [3.05, 3.63) is 10.6 Å². The molecule has 0 aromatic carbocycles. The van der Waals surface area contributed by atoms with E-state index in [4.69, 9.17) is 5.73 Å². The summed E-state index contributed by atoms with van der Waals surface area (Å²) in [6, 6.07) is -0.931. The highest BCUT2D eigenvalue weighted by atomic mass is 32.2. The van der Waals surface area contributed by atoms with Crippen molar-refractivity contribution in [2.45, 2.75) is 62.5 Å². The number of hydrogen-bond acceptors (Lipinski definition) is 8. The van der Waals surface area contributed by atoms with Crippen LogP contribution in [0.1, 0.15) is 33.1 Å². The molecule has 5 rings (SSSR count). The van der Waals surface area contributed by atoms with Gasteiger partial charge in [0.05, 0.1) is 18.0 Å². The third-order valence-corrected chi connectivity index (χ3v) is 9.79. The molecule has 6 N–H and O–H groups in total. The van der Waals surface area contributed by atoms with Gasteiger partial charge in [0.1, 0.15) is 5.70 Å². The van der Waals surface area contributed by atoms with Gasteiger partial charge < -0.3 is 36.6 Å². The van der Waals surface area contributed by atoms with Gasteiger partial charge in [0.15, 0.2) is 0 Å². The Morgan fingerprint density at radius 1 is 1.28 bits per heavy atom. The Hall–Kier alpha value is -2.15. The monoisotopic (exact) mass is 520 g/mol. The van der Waals surface area contributed by atoms with Crippen LogP contribution in [0.15, 0.2) is 10.6 Å². The predicted octanol–water partition coefficient (Wildman–Crippen LogP) is -1.10. The Kier molecular flexibility index (Phi) is 7.05. The topological polar surface area (TPSA) is 157 Å². The zero-order valence-corrected chi connectivity index (χ0v) is 21.6. The highest BCUT2D eigenvalue weighted by Gasteiger charge is 2.60. The molecule has 4 fully saturated rings. The molecule has 0 aliphatic carbocycles. The van der Waals surface area contributed by atoms with Gasteiger partial charge in [-0.05, 0) is 38.8 Å². The van der Waals surface area contributed by atoms with Crippen LogP contribution in [0.3, 0.4) is 0 Å². The van der Waals surface area contributed by atoms with Crippen LogP contribution in [0.25, 0.3) is 0 Å². The molecule has 5 aliphatic rings. The molecule has 1 unspecified atom stereocenters. The molecule has 0 aromatic rings. The van der Waals surface area contributed by atoms with Crippen LogP contribution >= 0.6 is 11.8 Å². The van der Waals surface area contributed by atoms with Gasteiger partial charge in [-0.1, -0.05) is 6.92 Å². The SMILES string of the molecule is C[C@@H](NC(=O)CC1CNC1)[C@H]1C(=O)N2C(C(=O)O)=C(S[C@@H]3CNC(C(=O)N4CC[C@@H](N)C4)C3)[C@H](C)[C@H]12. The van der Waals surface area contributed by atoms with E-state index in [0.717, 1.165) is 19.5 Å². The molecule has 0 radical (unpaired) electrons. The zero-order valence-electron chi connectivity index (χ0n) is 20.7. The number of nitrogens with two attached hydrogens (primary N) is 1. The van der Waals surface area contributed by atoms with Crippen molar-refractivity contribution >= 4 is 35.5 Å². The van der Waals surface area contributed by atoms with Crippen molar-refractivity contribution in [1.29, 1.82) is 0 Å². The number of amides is 3. The van der Waals surface area contributed by atoms with Crippen LogP contribution in [-0.2, 0) is 19.2 Å². The Morgan fingerprint density at radius 3 is 2.64 bits per heavy atom. The minimum absolute atomic E-state index is 0.0283. The number of fused-ring (bicyclic) bond motifs is 1. The molecule has 3 amide bonds. The molecule has 7 atom stereocenters. The van der Waals surface area contributed by atoms with E-state index in [1.54, 1.807) is 0 Å². The van der Waals surface area contributed by atoms with Gasteiger partial charge in [0.2, 0.25) is 17.7 Å². The van der Waals surface area contributed by atoms with E-state index < -0.39 is 11.9 Å². The van der Waals surface area contributed by atoms with E-state index in [1.807, 2.05) is 18.7 Å². The van der Waals surface area contributed by atoms with E-state index in [-0.39, 0.29) is 58.8 Å². The summed E-state index contributed by atoms with van der Waals surface area (Å²) in [6.07, 6.45) is 1.84. The van der Waals surface area contributed by atoms with Crippen LogP contribution in [0.5, 0.6) is 0 Å². The van der Waals surface area contributed by atoms with E-state index >= 15 is 0 Å². The van der Waals surface area contributed by atoms with Crippen molar-refractivity contribution in [3.8, 4) is 0 Å². The predicted molar refractivity (Wildman–Crippen MR) is 133 cm³/mol. The fourth-order valence-electron chi connectivity index (χ4n) is 6.22. The number of rotatable bonds is 8. The number of nitrogens with zero attached hydrogens (tertiary/aromatic N) is 2. The first kappa shape index (κ1) is 25.5. The fourth-order valence-corrected chi connectivity index (χ4v) is 7.70. The third kappa shape index (κ3) is 4.52. The molecule has 12 heteroatoms. The Bertz CT molecular complexity index is 986. The summed E-state index contributed by atoms with van der Waals surface area (Å²) in [5.74, 6) is -1.66. The molecule has 198 valence electrons. The number of nitrogens with one attached hydrogen (secondary N) is 3. The Morgan fingerprint density at radius 2 is 2.03 bits per heavy atom. The largest absolute Gasteiger partial charge is 0.477 e. The van der Waals surface area contributed by atoms with Crippen LogP contribution in [-0.4, -0.2) is 101 Å². The van der Waals surface area contributed by atoms with E-state index in [0.29, 0.717) is 43.3 Å². The summed E-state index contributed by atoms with van der Waals surface area (Å²) in [7, 11) is 0. The van der Waals surface area contributed by atoms with Crippen molar-refractivity contribution < 1.29 is 24.3 Å². The van der Waals surface area contributed by atoms with Gasteiger partial charge in [0, 0.05) is 54.2 Å². The molecule has 36 heavy (non-hydrogen) atoms. The summed E-state index contributed by atoms with van der Waals surface area (Å²) in [4.78, 5) is 54.5. The number of thioether (sulfide) groups is 1. The quantitative estimate of drug-likeness (QED) is 0.251. The number of likely N-dealkylation sites (tertiary alicyclic amines) is 1. The number of β-lactam (4-membered cyclic amide) rings is 1. The van der Waals surface area contributed by atoms with Gasteiger partial charge in [0.25, 0.3) is 0 Å². The normalized spacial score (nSPS) is 34.9.